The van der Waals surface area contributed by atoms with Crippen LogP contribution in [-0.4, -0.2) is 24.0 Å². The quantitative estimate of drug-likeness (QED) is 0.693. The van der Waals surface area contributed by atoms with E-state index in [2.05, 4.69) is 36.9 Å². The van der Waals surface area contributed by atoms with Gasteiger partial charge in [-0.2, -0.15) is 0 Å². The van der Waals surface area contributed by atoms with Gasteiger partial charge in [-0.15, -0.1) is 0 Å². The number of rotatable bonds is 6. The van der Waals surface area contributed by atoms with E-state index in [0.717, 1.165) is 24.0 Å². The first-order valence-corrected chi connectivity index (χ1v) is 9.26. The minimum absolute atomic E-state index is 0.664. The van der Waals surface area contributed by atoms with E-state index in [1.54, 1.807) is 0 Å². The summed E-state index contributed by atoms with van der Waals surface area (Å²) in [6.45, 7) is 7.21. The van der Waals surface area contributed by atoms with E-state index in [-0.39, 0.29) is 0 Å². The van der Waals surface area contributed by atoms with Crippen LogP contribution < -0.4 is 4.74 Å². The van der Waals surface area contributed by atoms with Crippen LogP contribution in [0.15, 0.2) is 54.6 Å². The minimum atomic E-state index is 0.664. The summed E-state index contributed by atoms with van der Waals surface area (Å²) in [6.07, 6.45) is 5.21. The molecule has 1 heterocycles. The molecule has 2 aromatic carbocycles. The molecular weight excluding hydrogens is 294 g/mol. The van der Waals surface area contributed by atoms with E-state index in [1.807, 2.05) is 36.4 Å². The second-order valence-corrected chi connectivity index (χ2v) is 7.21. The second kappa shape index (κ2) is 8.34. The molecule has 2 atom stereocenters. The Hall–Kier alpha value is -1.80. The number of piperidine rings is 1. The highest BCUT2D eigenvalue weighted by Gasteiger charge is 2.20. The van der Waals surface area contributed by atoms with Crippen molar-refractivity contribution >= 4 is 0 Å². The fourth-order valence-corrected chi connectivity index (χ4v) is 3.66. The van der Waals surface area contributed by atoms with E-state index in [0.29, 0.717) is 5.92 Å². The number of ether oxygens (including phenoxy) is 1. The fraction of sp³-hybridized carbons (Fsp3) is 0.455. The minimum Gasteiger partial charge on any atom is -0.457 e. The third-order valence-corrected chi connectivity index (χ3v) is 4.95. The first kappa shape index (κ1) is 17.0. The third kappa shape index (κ3) is 4.85. The average Bonchev–Trinajstić information content (AvgIpc) is 2.58. The van der Waals surface area contributed by atoms with Crippen LogP contribution in [0.5, 0.6) is 11.5 Å². The lowest BCUT2D eigenvalue weighted by molar-refractivity contribution is 0.140. The Labute approximate surface area is 146 Å². The van der Waals surface area contributed by atoms with Crippen molar-refractivity contribution in [3.63, 3.8) is 0 Å². The molecule has 0 aromatic heterocycles. The maximum atomic E-state index is 5.96. The number of likely N-dealkylation sites (tertiary alicyclic amines) is 1. The van der Waals surface area contributed by atoms with Crippen LogP contribution in [0.25, 0.3) is 0 Å². The molecule has 2 unspecified atom stereocenters. The van der Waals surface area contributed by atoms with E-state index in [1.165, 1.54) is 37.9 Å². The Kier molecular flexibility index (Phi) is 5.92. The van der Waals surface area contributed by atoms with E-state index in [4.69, 9.17) is 4.74 Å². The molecule has 1 fully saturated rings. The largest absolute Gasteiger partial charge is 0.457 e. The van der Waals surface area contributed by atoms with Crippen molar-refractivity contribution in [1.29, 1.82) is 0 Å². The van der Waals surface area contributed by atoms with Crippen molar-refractivity contribution in [3.8, 4) is 11.5 Å². The Morgan fingerprint density at radius 3 is 2.62 bits per heavy atom. The molecule has 1 aliphatic rings. The summed E-state index contributed by atoms with van der Waals surface area (Å²) in [7, 11) is 0. The molecule has 3 rings (SSSR count). The number of nitrogens with zero attached hydrogens (tertiary/aromatic N) is 1. The summed E-state index contributed by atoms with van der Waals surface area (Å²) in [5.74, 6) is 2.49. The third-order valence-electron chi connectivity index (χ3n) is 4.95. The molecule has 0 aliphatic carbocycles. The Morgan fingerprint density at radius 1 is 1.04 bits per heavy atom. The molecule has 1 aliphatic heterocycles. The van der Waals surface area contributed by atoms with Gasteiger partial charge in [0.2, 0.25) is 0 Å². The van der Waals surface area contributed by atoms with Gasteiger partial charge in [-0.05, 0) is 68.5 Å². The van der Waals surface area contributed by atoms with Crippen molar-refractivity contribution in [3.05, 3.63) is 60.2 Å². The Morgan fingerprint density at radius 2 is 1.83 bits per heavy atom. The summed E-state index contributed by atoms with van der Waals surface area (Å²) < 4.78 is 5.96. The first-order valence-electron chi connectivity index (χ1n) is 9.26. The first-order chi connectivity index (χ1) is 11.7. The zero-order chi connectivity index (χ0) is 16.8. The smallest absolute Gasteiger partial charge is 0.127 e. The molecule has 0 saturated carbocycles. The lowest BCUT2D eigenvalue weighted by Gasteiger charge is -2.35. The van der Waals surface area contributed by atoms with Crippen LogP contribution in [-0.2, 0) is 6.42 Å². The van der Waals surface area contributed by atoms with Crippen molar-refractivity contribution in [2.75, 3.05) is 13.1 Å². The van der Waals surface area contributed by atoms with Gasteiger partial charge in [0, 0.05) is 12.6 Å². The molecule has 0 amide bonds. The summed E-state index contributed by atoms with van der Waals surface area (Å²) in [6, 6.07) is 19.3. The molecule has 1 saturated heterocycles. The molecule has 128 valence electrons. The normalized spacial score (nSPS) is 19.8. The molecular formula is C22H29NO. The van der Waals surface area contributed by atoms with Crippen molar-refractivity contribution < 1.29 is 4.74 Å². The SMILES string of the molecule is CC(Cc1cccc(Oc2ccccc2)c1)CN1CCCCC1C. The highest BCUT2D eigenvalue weighted by Crippen LogP contribution is 2.24. The number of benzene rings is 2. The van der Waals surface area contributed by atoms with Crippen LogP contribution in [0, 0.1) is 5.92 Å². The summed E-state index contributed by atoms with van der Waals surface area (Å²) >= 11 is 0. The van der Waals surface area contributed by atoms with Gasteiger partial charge in [0.05, 0.1) is 0 Å². The van der Waals surface area contributed by atoms with E-state index < -0.39 is 0 Å². The predicted octanol–water partition coefficient (Wildman–Crippen LogP) is 5.53. The molecule has 0 radical (unpaired) electrons. The Balaban J connectivity index is 1.57. The zero-order valence-corrected chi connectivity index (χ0v) is 14.9. The Bertz CT molecular complexity index is 625. The van der Waals surface area contributed by atoms with Gasteiger partial charge in [0.1, 0.15) is 11.5 Å². The van der Waals surface area contributed by atoms with Crippen LogP contribution >= 0.6 is 0 Å². The molecule has 2 aromatic rings. The van der Waals surface area contributed by atoms with Crippen LogP contribution in [0.3, 0.4) is 0 Å². The summed E-state index contributed by atoms with van der Waals surface area (Å²) in [5, 5.41) is 0. The van der Waals surface area contributed by atoms with Crippen molar-refractivity contribution in [2.24, 2.45) is 5.92 Å². The van der Waals surface area contributed by atoms with Gasteiger partial charge in [-0.3, -0.25) is 0 Å². The van der Waals surface area contributed by atoms with Gasteiger partial charge in [-0.25, -0.2) is 0 Å². The van der Waals surface area contributed by atoms with E-state index >= 15 is 0 Å². The summed E-state index contributed by atoms with van der Waals surface area (Å²) in [5.41, 5.74) is 1.36. The second-order valence-electron chi connectivity index (χ2n) is 7.21. The number of hydrogen-bond acceptors (Lipinski definition) is 2. The lowest BCUT2D eigenvalue weighted by atomic mass is 9.97. The molecule has 0 spiro atoms. The molecule has 2 nitrogen and oxygen atoms in total. The van der Waals surface area contributed by atoms with Gasteiger partial charge in [-0.1, -0.05) is 43.7 Å². The molecule has 0 bridgehead atoms. The number of para-hydroxylation sites is 1. The van der Waals surface area contributed by atoms with E-state index in [9.17, 15) is 0 Å². The predicted molar refractivity (Wildman–Crippen MR) is 101 cm³/mol. The van der Waals surface area contributed by atoms with Gasteiger partial charge < -0.3 is 9.64 Å². The average molecular weight is 323 g/mol. The maximum absolute atomic E-state index is 5.96. The monoisotopic (exact) mass is 323 g/mol. The van der Waals surface area contributed by atoms with Crippen LogP contribution in [0.1, 0.15) is 38.7 Å². The van der Waals surface area contributed by atoms with Crippen molar-refractivity contribution in [2.45, 2.75) is 45.6 Å². The van der Waals surface area contributed by atoms with Crippen molar-refractivity contribution in [1.82, 2.24) is 4.90 Å². The topological polar surface area (TPSA) is 12.5 Å². The molecule has 24 heavy (non-hydrogen) atoms. The number of hydrogen-bond donors (Lipinski definition) is 0. The standard InChI is InChI=1S/C22H29NO/c1-18(17-23-14-7-6-9-19(23)2)15-20-10-8-13-22(16-20)24-21-11-4-3-5-12-21/h3-5,8,10-13,16,18-19H,6-7,9,14-15,17H2,1-2H3. The fourth-order valence-electron chi connectivity index (χ4n) is 3.66. The molecule has 0 N–H and O–H groups in total. The highest BCUT2D eigenvalue weighted by molar-refractivity contribution is 5.34. The molecule has 2 heteroatoms. The van der Waals surface area contributed by atoms with Gasteiger partial charge >= 0.3 is 0 Å². The highest BCUT2D eigenvalue weighted by atomic mass is 16.5. The zero-order valence-electron chi connectivity index (χ0n) is 14.9. The lowest BCUT2D eigenvalue weighted by Crippen LogP contribution is -2.40. The van der Waals surface area contributed by atoms with Crippen LogP contribution in [0.2, 0.25) is 0 Å². The van der Waals surface area contributed by atoms with Crippen LogP contribution in [0.4, 0.5) is 0 Å². The summed E-state index contributed by atoms with van der Waals surface area (Å²) in [4.78, 5) is 2.67. The van der Waals surface area contributed by atoms with Gasteiger partial charge in [0.15, 0.2) is 0 Å². The maximum Gasteiger partial charge on any atom is 0.127 e. The van der Waals surface area contributed by atoms with Gasteiger partial charge in [0.25, 0.3) is 0 Å².